The highest BCUT2D eigenvalue weighted by atomic mass is 19.4. The normalized spacial score (nSPS) is 27.3. The van der Waals surface area contributed by atoms with Crippen molar-refractivity contribution < 1.29 is 23.0 Å². The molecule has 128 valence electrons. The fraction of sp³-hybridized carbons (Fsp3) is 0.667. The van der Waals surface area contributed by atoms with E-state index in [4.69, 9.17) is 4.74 Å². The average molecular weight is 328 g/mol. The number of ether oxygens (including phenoxy) is 1. The number of aliphatic hydroxyl groups is 1. The Bertz CT molecular complexity index is 576. The first kappa shape index (κ1) is 16.6. The lowest BCUT2D eigenvalue weighted by Crippen LogP contribution is -2.47. The lowest BCUT2D eigenvalue weighted by Gasteiger charge is -2.49. The topological polar surface area (TPSA) is 29.5 Å². The molecule has 0 saturated heterocycles. The van der Waals surface area contributed by atoms with Crippen molar-refractivity contribution in [1.29, 1.82) is 0 Å². The maximum atomic E-state index is 13.1. The van der Waals surface area contributed by atoms with E-state index in [1.807, 2.05) is 0 Å². The summed E-state index contributed by atoms with van der Waals surface area (Å²) >= 11 is 0. The van der Waals surface area contributed by atoms with Crippen LogP contribution in [0.2, 0.25) is 0 Å². The Labute approximate surface area is 134 Å². The van der Waals surface area contributed by atoms with E-state index in [0.717, 1.165) is 57.1 Å². The number of halogens is 3. The van der Waals surface area contributed by atoms with E-state index in [9.17, 15) is 18.3 Å². The molecule has 1 atom stereocenters. The van der Waals surface area contributed by atoms with Crippen LogP contribution in [0.4, 0.5) is 13.2 Å². The Balaban J connectivity index is 2.14. The van der Waals surface area contributed by atoms with Gasteiger partial charge in [0.2, 0.25) is 0 Å². The van der Waals surface area contributed by atoms with E-state index in [1.165, 1.54) is 13.2 Å². The van der Waals surface area contributed by atoms with Crippen LogP contribution < -0.4 is 4.74 Å². The van der Waals surface area contributed by atoms with Crippen molar-refractivity contribution in [3.05, 3.63) is 29.3 Å². The molecule has 2 fully saturated rings. The van der Waals surface area contributed by atoms with E-state index in [2.05, 4.69) is 0 Å². The molecule has 23 heavy (non-hydrogen) atoms. The number of hydrogen-bond acceptors (Lipinski definition) is 2. The second kappa shape index (κ2) is 5.69. The molecule has 0 amide bonds. The van der Waals surface area contributed by atoms with Gasteiger partial charge in [0, 0.05) is 11.0 Å². The van der Waals surface area contributed by atoms with Crippen LogP contribution >= 0.6 is 0 Å². The minimum atomic E-state index is -4.42. The van der Waals surface area contributed by atoms with Gasteiger partial charge in [-0.05, 0) is 43.9 Å². The van der Waals surface area contributed by atoms with Crippen molar-refractivity contribution in [3.8, 4) is 5.75 Å². The monoisotopic (exact) mass is 328 g/mol. The molecule has 0 aromatic heterocycles. The summed E-state index contributed by atoms with van der Waals surface area (Å²) in [5.74, 6) is 0.355. The zero-order valence-electron chi connectivity index (χ0n) is 13.4. The molecule has 1 N–H and O–H groups in total. The highest BCUT2D eigenvalue weighted by Gasteiger charge is 2.55. The molecule has 2 saturated carbocycles. The highest BCUT2D eigenvalue weighted by molar-refractivity contribution is 5.44. The molecule has 1 aromatic rings. The predicted molar refractivity (Wildman–Crippen MR) is 81.3 cm³/mol. The van der Waals surface area contributed by atoms with Gasteiger partial charge >= 0.3 is 6.18 Å². The largest absolute Gasteiger partial charge is 0.496 e. The zero-order chi connectivity index (χ0) is 16.7. The van der Waals surface area contributed by atoms with Gasteiger partial charge < -0.3 is 9.84 Å². The van der Waals surface area contributed by atoms with Crippen molar-refractivity contribution in [1.82, 2.24) is 0 Å². The van der Waals surface area contributed by atoms with Crippen LogP contribution in [-0.4, -0.2) is 12.2 Å². The fourth-order valence-corrected chi connectivity index (χ4v) is 4.66. The maximum absolute atomic E-state index is 13.1. The molecular weight excluding hydrogens is 305 g/mol. The molecule has 5 heteroatoms. The van der Waals surface area contributed by atoms with Crippen LogP contribution in [0.5, 0.6) is 5.75 Å². The molecular formula is C18H23F3O2. The quantitative estimate of drug-likeness (QED) is 0.824. The van der Waals surface area contributed by atoms with E-state index < -0.39 is 17.3 Å². The second-order valence-corrected chi connectivity index (χ2v) is 6.97. The van der Waals surface area contributed by atoms with Gasteiger partial charge in [-0.15, -0.1) is 0 Å². The van der Waals surface area contributed by atoms with Crippen molar-refractivity contribution in [2.75, 3.05) is 7.11 Å². The Hall–Kier alpha value is -1.23. The van der Waals surface area contributed by atoms with Crippen molar-refractivity contribution in [3.63, 3.8) is 0 Å². The van der Waals surface area contributed by atoms with Gasteiger partial charge in [-0.1, -0.05) is 25.7 Å². The number of benzene rings is 1. The van der Waals surface area contributed by atoms with Gasteiger partial charge in [0.05, 0.1) is 18.3 Å². The second-order valence-electron chi connectivity index (χ2n) is 6.97. The first-order valence-electron chi connectivity index (χ1n) is 8.31. The molecule has 3 rings (SSSR count). The van der Waals surface area contributed by atoms with E-state index in [0.29, 0.717) is 17.7 Å². The third kappa shape index (κ3) is 2.63. The van der Waals surface area contributed by atoms with E-state index >= 15 is 0 Å². The SMILES string of the molecule is COc1ccc(C(F)(F)F)cc1C1(O)CCCCC12CCCC2. The Kier molecular flexibility index (Phi) is 4.11. The molecule has 2 aliphatic rings. The smallest absolute Gasteiger partial charge is 0.416 e. The first-order chi connectivity index (χ1) is 10.8. The summed E-state index contributed by atoms with van der Waals surface area (Å²) in [6.45, 7) is 0. The van der Waals surface area contributed by atoms with Crippen LogP contribution in [0.1, 0.15) is 62.5 Å². The van der Waals surface area contributed by atoms with Gasteiger partial charge in [0.25, 0.3) is 0 Å². The van der Waals surface area contributed by atoms with Crippen molar-refractivity contribution in [2.24, 2.45) is 5.41 Å². The highest BCUT2D eigenvalue weighted by Crippen LogP contribution is 2.60. The molecule has 1 aromatic carbocycles. The molecule has 0 bridgehead atoms. The molecule has 1 unspecified atom stereocenters. The van der Waals surface area contributed by atoms with Gasteiger partial charge in [0.1, 0.15) is 5.75 Å². The maximum Gasteiger partial charge on any atom is 0.416 e. The van der Waals surface area contributed by atoms with Crippen LogP contribution in [0.15, 0.2) is 18.2 Å². The minimum Gasteiger partial charge on any atom is -0.496 e. The number of methoxy groups -OCH3 is 1. The number of rotatable bonds is 2. The van der Waals surface area contributed by atoms with Gasteiger partial charge in [-0.25, -0.2) is 0 Å². The molecule has 2 nitrogen and oxygen atoms in total. The fourth-order valence-electron chi connectivity index (χ4n) is 4.66. The molecule has 0 heterocycles. The lowest BCUT2D eigenvalue weighted by molar-refractivity contribution is -0.139. The molecule has 2 aliphatic carbocycles. The summed E-state index contributed by atoms with van der Waals surface area (Å²) in [7, 11) is 1.44. The van der Waals surface area contributed by atoms with Gasteiger partial charge in [-0.2, -0.15) is 13.2 Å². The molecule has 0 radical (unpaired) electrons. The van der Waals surface area contributed by atoms with Crippen LogP contribution in [0.3, 0.4) is 0 Å². The Morgan fingerprint density at radius 3 is 2.09 bits per heavy atom. The van der Waals surface area contributed by atoms with Crippen LogP contribution in [-0.2, 0) is 11.8 Å². The summed E-state index contributed by atoms with van der Waals surface area (Å²) in [4.78, 5) is 0. The first-order valence-corrected chi connectivity index (χ1v) is 8.31. The average Bonchev–Trinajstić information content (AvgIpc) is 2.99. The summed E-state index contributed by atoms with van der Waals surface area (Å²) in [6, 6.07) is 3.47. The van der Waals surface area contributed by atoms with Crippen LogP contribution in [0, 0.1) is 5.41 Å². The van der Waals surface area contributed by atoms with Crippen molar-refractivity contribution >= 4 is 0 Å². The lowest BCUT2D eigenvalue weighted by atomic mass is 9.59. The minimum absolute atomic E-state index is 0.303. The van der Waals surface area contributed by atoms with Gasteiger partial charge in [0.15, 0.2) is 0 Å². The number of alkyl halides is 3. The summed E-state index contributed by atoms with van der Waals surface area (Å²) in [5.41, 5.74) is -1.94. The van der Waals surface area contributed by atoms with Crippen molar-refractivity contribution in [2.45, 2.75) is 63.1 Å². The summed E-state index contributed by atoms with van der Waals surface area (Å²) in [6.07, 6.45) is 2.64. The number of hydrogen-bond donors (Lipinski definition) is 1. The van der Waals surface area contributed by atoms with Gasteiger partial charge in [-0.3, -0.25) is 0 Å². The Morgan fingerprint density at radius 1 is 1.00 bits per heavy atom. The van der Waals surface area contributed by atoms with E-state index in [1.54, 1.807) is 0 Å². The third-order valence-electron chi connectivity index (χ3n) is 5.85. The van der Waals surface area contributed by atoms with Crippen LogP contribution in [0.25, 0.3) is 0 Å². The predicted octanol–water partition coefficient (Wildman–Crippen LogP) is 5.04. The summed E-state index contributed by atoms with van der Waals surface area (Å²) in [5, 5.41) is 11.5. The third-order valence-corrected chi connectivity index (χ3v) is 5.85. The Morgan fingerprint density at radius 2 is 1.57 bits per heavy atom. The van der Waals surface area contributed by atoms with E-state index in [-0.39, 0.29) is 5.41 Å². The standard InChI is InChI=1S/C18H23F3O2/c1-23-15-7-6-13(18(19,20)21)12-14(15)17(22)11-5-4-10-16(17)8-2-3-9-16/h6-7,12,22H,2-5,8-11H2,1H3. The molecule has 0 aliphatic heterocycles. The summed E-state index contributed by atoms with van der Waals surface area (Å²) < 4.78 is 44.7. The molecule has 1 spiro atoms. The zero-order valence-corrected chi connectivity index (χ0v) is 13.4.